The third kappa shape index (κ3) is 5.75. The molecule has 0 aliphatic heterocycles. The highest BCUT2D eigenvalue weighted by molar-refractivity contribution is 9.10. The van der Waals surface area contributed by atoms with E-state index >= 15 is 0 Å². The van der Waals surface area contributed by atoms with Crippen molar-refractivity contribution in [1.82, 2.24) is 0 Å². The summed E-state index contributed by atoms with van der Waals surface area (Å²) in [5.41, 5.74) is 0.545. The number of carbonyl (C=O) groups is 1. The molecule has 2 rings (SSSR count). The van der Waals surface area contributed by atoms with E-state index in [4.69, 9.17) is 4.84 Å². The number of amides is 1. The zero-order valence-corrected chi connectivity index (χ0v) is 14.8. The Balaban J connectivity index is 2.34. The number of alkyl halides is 3. The van der Waals surface area contributed by atoms with Crippen molar-refractivity contribution in [3.05, 3.63) is 64.6 Å². The number of rotatable bonds is 5. The van der Waals surface area contributed by atoms with Crippen molar-refractivity contribution in [1.29, 1.82) is 0 Å². The van der Waals surface area contributed by atoms with E-state index in [0.717, 1.165) is 16.6 Å². The second-order valence-corrected chi connectivity index (χ2v) is 5.98. The van der Waals surface area contributed by atoms with Crippen LogP contribution in [0.2, 0.25) is 0 Å². The number of methoxy groups -OCH3 is 1. The van der Waals surface area contributed by atoms with Crippen molar-refractivity contribution < 1.29 is 27.5 Å². The van der Waals surface area contributed by atoms with Gasteiger partial charge < -0.3 is 4.74 Å². The number of hydroxylamine groups is 1. The molecule has 4 nitrogen and oxygen atoms in total. The highest BCUT2D eigenvalue weighted by Gasteiger charge is 2.36. The minimum atomic E-state index is -4.48. The molecule has 25 heavy (non-hydrogen) atoms. The van der Waals surface area contributed by atoms with E-state index in [2.05, 4.69) is 20.7 Å². The molecular formula is C17H15BrF3NO3. The molecule has 0 aliphatic carbocycles. The molecule has 0 bridgehead atoms. The van der Waals surface area contributed by atoms with Crippen molar-refractivity contribution in [2.75, 3.05) is 12.2 Å². The highest BCUT2D eigenvalue weighted by atomic mass is 79.9. The molecule has 0 N–H and O–H groups in total. The number of para-hydroxylation sites is 1. The van der Waals surface area contributed by atoms with Gasteiger partial charge in [-0.1, -0.05) is 46.3 Å². The van der Waals surface area contributed by atoms with Crippen molar-refractivity contribution in [3.63, 3.8) is 0 Å². The molecule has 0 heterocycles. The number of hydrogen-bond donors (Lipinski definition) is 0. The van der Waals surface area contributed by atoms with Crippen LogP contribution in [0.4, 0.5) is 23.7 Å². The molecular weight excluding hydrogens is 403 g/mol. The molecule has 0 aliphatic rings. The van der Waals surface area contributed by atoms with Crippen LogP contribution < -0.4 is 5.06 Å². The fourth-order valence-electron chi connectivity index (χ4n) is 2.09. The van der Waals surface area contributed by atoms with E-state index in [-0.39, 0.29) is 11.3 Å². The first-order valence-electron chi connectivity index (χ1n) is 7.22. The lowest BCUT2D eigenvalue weighted by Gasteiger charge is -2.27. The monoisotopic (exact) mass is 417 g/mol. The van der Waals surface area contributed by atoms with Gasteiger partial charge in [-0.05, 0) is 29.8 Å². The molecule has 0 saturated heterocycles. The van der Waals surface area contributed by atoms with Crippen molar-refractivity contribution >= 4 is 27.7 Å². The number of hydrogen-bond acceptors (Lipinski definition) is 3. The molecule has 2 aromatic carbocycles. The molecule has 0 spiro atoms. The Hall–Kier alpha value is -2.06. The maximum absolute atomic E-state index is 13.0. The van der Waals surface area contributed by atoms with Gasteiger partial charge in [0.15, 0.2) is 0 Å². The fraction of sp³-hybridized carbons (Fsp3) is 0.235. The van der Waals surface area contributed by atoms with Gasteiger partial charge in [-0.25, -0.2) is 4.79 Å². The molecule has 0 radical (unpaired) electrons. The number of halogens is 4. The van der Waals surface area contributed by atoms with Crippen LogP contribution in [0.25, 0.3) is 0 Å². The first-order chi connectivity index (χ1) is 11.8. The van der Waals surface area contributed by atoms with Gasteiger partial charge in [0.1, 0.15) is 6.10 Å². The van der Waals surface area contributed by atoms with Crippen LogP contribution in [0, 0.1) is 0 Å². The predicted molar refractivity (Wildman–Crippen MR) is 90.0 cm³/mol. The van der Waals surface area contributed by atoms with Crippen LogP contribution in [0.3, 0.4) is 0 Å². The van der Waals surface area contributed by atoms with Crippen molar-refractivity contribution in [3.8, 4) is 0 Å². The minimum Gasteiger partial charge on any atom is -0.451 e. The van der Waals surface area contributed by atoms with Gasteiger partial charge in [-0.15, -0.1) is 0 Å². The SMILES string of the molecule is COC(=O)N(OC(CC(F)(F)F)c1ccc(Br)cc1)c1ccccc1. The normalized spacial score (nSPS) is 12.5. The Morgan fingerprint density at radius 2 is 1.72 bits per heavy atom. The van der Waals surface area contributed by atoms with Crippen molar-refractivity contribution in [2.45, 2.75) is 18.7 Å². The molecule has 0 fully saturated rings. The second-order valence-electron chi connectivity index (χ2n) is 5.06. The zero-order chi connectivity index (χ0) is 18.4. The number of carbonyl (C=O) groups excluding carboxylic acids is 1. The maximum Gasteiger partial charge on any atom is 0.438 e. The van der Waals surface area contributed by atoms with E-state index in [1.807, 2.05) is 0 Å². The smallest absolute Gasteiger partial charge is 0.438 e. The second kappa shape index (κ2) is 8.35. The van der Waals surface area contributed by atoms with Crippen molar-refractivity contribution in [2.24, 2.45) is 0 Å². The number of benzene rings is 2. The van der Waals surface area contributed by atoms with Crippen LogP contribution >= 0.6 is 15.9 Å². The third-order valence-electron chi connectivity index (χ3n) is 3.22. The Morgan fingerprint density at radius 1 is 1.12 bits per heavy atom. The summed E-state index contributed by atoms with van der Waals surface area (Å²) in [5, 5.41) is 0.721. The van der Waals surface area contributed by atoms with Gasteiger partial charge in [0.25, 0.3) is 0 Å². The minimum absolute atomic E-state index is 0.263. The van der Waals surface area contributed by atoms with E-state index in [1.54, 1.807) is 30.3 Å². The molecule has 1 unspecified atom stereocenters. The van der Waals surface area contributed by atoms with Gasteiger partial charge in [0, 0.05) is 4.47 Å². The average Bonchev–Trinajstić information content (AvgIpc) is 2.58. The number of anilines is 1. The largest absolute Gasteiger partial charge is 0.451 e. The Morgan fingerprint density at radius 3 is 2.24 bits per heavy atom. The summed E-state index contributed by atoms with van der Waals surface area (Å²) in [5.74, 6) is 0. The standard InChI is InChI=1S/C17H15BrF3NO3/c1-24-16(23)22(14-5-3-2-4-6-14)25-15(11-17(19,20)21)12-7-9-13(18)10-8-12/h2-10,15H,11H2,1H3. The Bertz CT molecular complexity index is 693. The first-order valence-corrected chi connectivity index (χ1v) is 8.01. The zero-order valence-electron chi connectivity index (χ0n) is 13.2. The molecule has 0 aromatic heterocycles. The summed E-state index contributed by atoms with van der Waals surface area (Å²) >= 11 is 3.23. The van der Waals surface area contributed by atoms with Crippen LogP contribution in [0.1, 0.15) is 18.1 Å². The van der Waals surface area contributed by atoms with Gasteiger partial charge in [-0.2, -0.15) is 18.2 Å². The molecule has 8 heteroatoms. The van der Waals surface area contributed by atoms with E-state index in [1.165, 1.54) is 24.3 Å². The van der Waals surface area contributed by atoms with Crippen LogP contribution in [0.5, 0.6) is 0 Å². The predicted octanol–water partition coefficient (Wildman–Crippen LogP) is 5.65. The fourth-order valence-corrected chi connectivity index (χ4v) is 2.35. The average molecular weight is 418 g/mol. The van der Waals surface area contributed by atoms with Crippen LogP contribution in [-0.2, 0) is 9.57 Å². The summed E-state index contributed by atoms with van der Waals surface area (Å²) in [6.45, 7) is 0. The summed E-state index contributed by atoms with van der Waals surface area (Å²) in [6, 6.07) is 14.2. The van der Waals surface area contributed by atoms with Crippen LogP contribution in [-0.4, -0.2) is 19.4 Å². The summed E-state index contributed by atoms with van der Waals surface area (Å²) in [6.07, 6.45) is -8.06. The quantitative estimate of drug-likeness (QED) is 0.590. The number of ether oxygens (including phenoxy) is 1. The molecule has 2 aromatic rings. The van der Waals surface area contributed by atoms with Gasteiger partial charge in [0.05, 0.1) is 19.2 Å². The van der Waals surface area contributed by atoms with Crippen LogP contribution in [0.15, 0.2) is 59.1 Å². The summed E-state index contributed by atoms with van der Waals surface area (Å²) in [4.78, 5) is 17.4. The first kappa shape index (κ1) is 19.3. The summed E-state index contributed by atoms with van der Waals surface area (Å²) in [7, 11) is 1.13. The Kier molecular flexibility index (Phi) is 6.44. The van der Waals surface area contributed by atoms with E-state index < -0.39 is 24.8 Å². The van der Waals surface area contributed by atoms with E-state index in [9.17, 15) is 18.0 Å². The molecule has 0 saturated carbocycles. The lowest BCUT2D eigenvalue weighted by Crippen LogP contribution is -2.34. The van der Waals surface area contributed by atoms with Gasteiger partial charge >= 0.3 is 12.3 Å². The Labute approximate surface area is 151 Å². The van der Waals surface area contributed by atoms with E-state index in [0.29, 0.717) is 0 Å². The molecule has 134 valence electrons. The topological polar surface area (TPSA) is 38.8 Å². The number of nitrogens with zero attached hydrogens (tertiary/aromatic N) is 1. The lowest BCUT2D eigenvalue weighted by molar-refractivity contribution is -0.162. The third-order valence-corrected chi connectivity index (χ3v) is 3.75. The van der Waals surface area contributed by atoms with Gasteiger partial charge in [-0.3, -0.25) is 4.84 Å². The summed E-state index contributed by atoms with van der Waals surface area (Å²) < 4.78 is 44.3. The lowest BCUT2D eigenvalue weighted by atomic mass is 10.1. The maximum atomic E-state index is 13.0. The van der Waals surface area contributed by atoms with Gasteiger partial charge in [0.2, 0.25) is 0 Å². The molecule has 1 amide bonds. The highest BCUT2D eigenvalue weighted by Crippen LogP contribution is 2.34. The molecule has 1 atom stereocenters.